The van der Waals surface area contributed by atoms with Crippen LogP contribution in [-0.4, -0.2) is 23.4 Å². The average Bonchev–Trinajstić information content (AvgIpc) is 2.69. The molecule has 7 heteroatoms. The number of nitrogens with zero attached hydrogens (tertiary/aromatic N) is 2. The highest BCUT2D eigenvalue weighted by atomic mass is 127. The molecule has 1 heterocycles. The molecule has 3 rings (SSSR count). The maximum Gasteiger partial charge on any atom is 0.332 e. The summed E-state index contributed by atoms with van der Waals surface area (Å²) in [4.78, 5) is 25.3. The fourth-order valence-corrected chi connectivity index (χ4v) is 3.35. The van der Waals surface area contributed by atoms with Crippen molar-refractivity contribution in [2.24, 2.45) is 0 Å². The Kier molecular flexibility index (Phi) is 6.00. The van der Waals surface area contributed by atoms with E-state index in [-0.39, 0.29) is 17.8 Å². The van der Waals surface area contributed by atoms with Crippen molar-refractivity contribution in [2.45, 2.75) is 13.1 Å². The van der Waals surface area contributed by atoms with Crippen LogP contribution in [0.5, 0.6) is 11.5 Å². The molecule has 0 fully saturated rings. The number of aromatic nitrogens is 2. The van der Waals surface area contributed by atoms with Gasteiger partial charge >= 0.3 is 5.69 Å². The number of benzene rings is 2. The summed E-state index contributed by atoms with van der Waals surface area (Å²) in [5.74, 6) is 1.48. The monoisotopic (exact) mass is 478 g/mol. The maximum atomic E-state index is 12.9. The average molecular weight is 478 g/mol. The molecule has 0 amide bonds. The number of hydrogen-bond acceptors (Lipinski definition) is 4. The molecule has 3 aromatic rings. The van der Waals surface area contributed by atoms with Gasteiger partial charge in [-0.25, -0.2) is 4.79 Å². The Morgan fingerprint density at radius 1 is 0.778 bits per heavy atom. The summed E-state index contributed by atoms with van der Waals surface area (Å²) in [5.41, 5.74) is 1.16. The van der Waals surface area contributed by atoms with Gasteiger partial charge in [0.05, 0.1) is 31.0 Å². The van der Waals surface area contributed by atoms with E-state index >= 15 is 0 Å². The van der Waals surface area contributed by atoms with Gasteiger partial charge in [-0.3, -0.25) is 13.9 Å². The van der Waals surface area contributed by atoms with Crippen molar-refractivity contribution in [1.82, 2.24) is 9.13 Å². The normalized spacial score (nSPS) is 10.6. The lowest BCUT2D eigenvalue weighted by atomic mass is 10.2. The third kappa shape index (κ3) is 4.41. The van der Waals surface area contributed by atoms with Crippen LogP contribution in [0.1, 0.15) is 11.1 Å². The molecule has 0 spiro atoms. The Hall–Kier alpha value is -2.55. The predicted molar refractivity (Wildman–Crippen MR) is 112 cm³/mol. The van der Waals surface area contributed by atoms with Crippen molar-refractivity contribution < 1.29 is 9.47 Å². The van der Waals surface area contributed by atoms with Crippen molar-refractivity contribution in [3.05, 3.63) is 90.3 Å². The number of methoxy groups -OCH3 is 2. The van der Waals surface area contributed by atoms with Crippen LogP contribution >= 0.6 is 22.6 Å². The molecule has 2 aromatic carbocycles. The fraction of sp³-hybridized carbons (Fsp3) is 0.200. The van der Waals surface area contributed by atoms with Crippen LogP contribution < -0.4 is 20.7 Å². The Labute approximate surface area is 170 Å². The highest BCUT2D eigenvalue weighted by Crippen LogP contribution is 2.14. The lowest BCUT2D eigenvalue weighted by molar-refractivity contribution is 0.414. The quantitative estimate of drug-likeness (QED) is 0.404. The first-order valence-corrected chi connectivity index (χ1v) is 9.35. The van der Waals surface area contributed by atoms with Crippen LogP contribution in [0.2, 0.25) is 0 Å². The van der Waals surface area contributed by atoms with Gasteiger partial charge in [0.1, 0.15) is 11.5 Å². The predicted octanol–water partition coefficient (Wildman–Crippen LogP) is 2.73. The van der Waals surface area contributed by atoms with E-state index in [4.69, 9.17) is 9.47 Å². The molecule has 0 radical (unpaired) electrons. The van der Waals surface area contributed by atoms with Crippen molar-refractivity contribution >= 4 is 22.6 Å². The second kappa shape index (κ2) is 8.43. The van der Waals surface area contributed by atoms with Crippen molar-refractivity contribution in [3.8, 4) is 11.5 Å². The van der Waals surface area contributed by atoms with Crippen molar-refractivity contribution in [1.29, 1.82) is 0 Å². The number of halogens is 1. The van der Waals surface area contributed by atoms with E-state index in [1.54, 1.807) is 18.8 Å². The summed E-state index contributed by atoms with van der Waals surface area (Å²) >= 11 is 2.02. The van der Waals surface area contributed by atoms with Gasteiger partial charge in [0.15, 0.2) is 0 Å². The van der Waals surface area contributed by atoms with E-state index in [1.807, 2.05) is 71.1 Å². The molecule has 27 heavy (non-hydrogen) atoms. The minimum atomic E-state index is -0.335. The standard InChI is InChI=1S/C20H19IN2O4/c1-26-16-7-3-14(4-8-16)12-22-18(21)11-19(24)23(20(22)25)13-15-5-9-17(27-2)10-6-15/h3-11H,12-13H2,1-2H3. The molecule has 0 unspecified atom stereocenters. The van der Waals surface area contributed by atoms with Gasteiger partial charge in [-0.05, 0) is 58.0 Å². The largest absolute Gasteiger partial charge is 0.497 e. The Morgan fingerprint density at radius 3 is 1.67 bits per heavy atom. The first-order chi connectivity index (χ1) is 13.0. The smallest absolute Gasteiger partial charge is 0.332 e. The maximum absolute atomic E-state index is 12.9. The van der Waals surface area contributed by atoms with Gasteiger partial charge in [-0.1, -0.05) is 24.3 Å². The second-order valence-electron chi connectivity index (χ2n) is 5.96. The summed E-state index contributed by atoms with van der Waals surface area (Å²) < 4.78 is 13.7. The zero-order valence-electron chi connectivity index (χ0n) is 15.0. The summed E-state index contributed by atoms with van der Waals surface area (Å²) in [7, 11) is 3.20. The van der Waals surface area contributed by atoms with E-state index in [0.29, 0.717) is 10.2 Å². The van der Waals surface area contributed by atoms with Gasteiger partial charge in [0.2, 0.25) is 0 Å². The highest BCUT2D eigenvalue weighted by Gasteiger charge is 2.11. The molecule has 0 N–H and O–H groups in total. The van der Waals surface area contributed by atoms with Crippen LogP contribution in [0.3, 0.4) is 0 Å². The molecule has 0 aliphatic carbocycles. The van der Waals surface area contributed by atoms with Gasteiger partial charge in [-0.15, -0.1) is 0 Å². The summed E-state index contributed by atoms with van der Waals surface area (Å²) in [5, 5.41) is 0. The fourth-order valence-electron chi connectivity index (χ4n) is 2.70. The zero-order chi connectivity index (χ0) is 19.4. The topological polar surface area (TPSA) is 62.5 Å². The number of rotatable bonds is 6. The van der Waals surface area contributed by atoms with Crippen LogP contribution in [0.15, 0.2) is 64.2 Å². The van der Waals surface area contributed by atoms with Crippen LogP contribution in [-0.2, 0) is 13.1 Å². The number of ether oxygens (including phenoxy) is 2. The van der Waals surface area contributed by atoms with Crippen LogP contribution in [0.25, 0.3) is 0 Å². The molecule has 0 saturated carbocycles. The first kappa shape index (κ1) is 19.2. The van der Waals surface area contributed by atoms with E-state index in [9.17, 15) is 9.59 Å². The van der Waals surface area contributed by atoms with Gasteiger partial charge < -0.3 is 9.47 Å². The van der Waals surface area contributed by atoms with Gasteiger partial charge in [0.25, 0.3) is 5.56 Å². The molecule has 0 atom stereocenters. The van der Waals surface area contributed by atoms with E-state index < -0.39 is 0 Å². The molecule has 1 aromatic heterocycles. The van der Waals surface area contributed by atoms with Gasteiger partial charge in [0, 0.05) is 6.07 Å². The second-order valence-corrected chi connectivity index (χ2v) is 7.06. The molecule has 140 valence electrons. The molecule has 0 aliphatic heterocycles. The molecule has 0 saturated heterocycles. The minimum absolute atomic E-state index is 0.210. The van der Waals surface area contributed by atoms with Crippen molar-refractivity contribution in [3.63, 3.8) is 0 Å². The molecule has 6 nitrogen and oxygen atoms in total. The van der Waals surface area contributed by atoms with Crippen LogP contribution in [0, 0.1) is 3.70 Å². The summed E-state index contributed by atoms with van der Waals surface area (Å²) in [6.45, 7) is 0.588. The molecular weight excluding hydrogens is 459 g/mol. The zero-order valence-corrected chi connectivity index (χ0v) is 17.2. The minimum Gasteiger partial charge on any atom is -0.497 e. The molecule has 0 aliphatic rings. The molecular formula is C20H19IN2O4. The number of hydrogen-bond donors (Lipinski definition) is 0. The molecule has 0 bridgehead atoms. The summed E-state index contributed by atoms with van der Waals surface area (Å²) in [6, 6.07) is 16.3. The highest BCUT2D eigenvalue weighted by molar-refractivity contribution is 14.1. The Morgan fingerprint density at radius 2 is 1.22 bits per heavy atom. The Balaban J connectivity index is 1.94. The third-order valence-corrected chi connectivity index (χ3v) is 5.12. The SMILES string of the molecule is COc1ccc(Cn2c(I)cc(=O)n(Cc3ccc(OC)cc3)c2=O)cc1. The third-order valence-electron chi connectivity index (χ3n) is 4.23. The lowest BCUT2D eigenvalue weighted by Crippen LogP contribution is -2.41. The van der Waals surface area contributed by atoms with Crippen molar-refractivity contribution in [2.75, 3.05) is 14.2 Å². The summed E-state index contributed by atoms with van der Waals surface area (Å²) in [6.07, 6.45) is 0. The van der Waals surface area contributed by atoms with Crippen LogP contribution in [0.4, 0.5) is 0 Å². The first-order valence-electron chi connectivity index (χ1n) is 8.28. The lowest BCUT2D eigenvalue weighted by Gasteiger charge is -2.13. The van der Waals surface area contributed by atoms with E-state index in [1.165, 1.54) is 10.6 Å². The Bertz CT molecular complexity index is 1040. The van der Waals surface area contributed by atoms with E-state index in [2.05, 4.69) is 0 Å². The van der Waals surface area contributed by atoms with Gasteiger partial charge in [-0.2, -0.15) is 0 Å². The van der Waals surface area contributed by atoms with E-state index in [0.717, 1.165) is 22.6 Å².